The van der Waals surface area contributed by atoms with Gasteiger partial charge in [0, 0.05) is 0 Å². The Labute approximate surface area is 57.4 Å². The van der Waals surface area contributed by atoms with Crippen molar-refractivity contribution in [3.63, 3.8) is 0 Å². The highest BCUT2D eigenvalue weighted by molar-refractivity contribution is 8.10. The molecule has 9 heavy (non-hydrogen) atoms. The monoisotopic (exact) mass is 157 g/mol. The Hall–Kier alpha value is -0.250. The lowest BCUT2D eigenvalue weighted by atomic mass is 10.4. The molecule has 0 N–H and O–H groups in total. The normalized spacial score (nSPS) is 11.0. The summed E-state index contributed by atoms with van der Waals surface area (Å²) in [5.74, 6) is 0. The van der Waals surface area contributed by atoms with Gasteiger partial charge in [-0.3, -0.25) is 0 Å². The van der Waals surface area contributed by atoms with Gasteiger partial charge in [-0.2, -0.15) is 0 Å². The molecule has 0 radical (unpaired) electrons. The lowest BCUT2D eigenvalue weighted by Crippen LogP contribution is -1.88. The Morgan fingerprint density at radius 1 is 1.22 bits per heavy atom. The van der Waals surface area contributed by atoms with Gasteiger partial charge in [-0.15, -0.1) is 0 Å². The van der Waals surface area contributed by atoms with Gasteiger partial charge in [0.05, 0.1) is 0 Å². The molecular weight excluding hydrogens is 150 g/mol. The Kier molecular flexibility index (Phi) is 2.33. The molecule has 0 saturated heterocycles. The fourth-order valence-electron chi connectivity index (χ4n) is 0.575. The summed E-state index contributed by atoms with van der Waals surface area (Å²) in [5.41, 5.74) is 0. The average molecular weight is 157 g/mol. The molecule has 1 nitrogen and oxygen atoms in total. The van der Waals surface area contributed by atoms with Crippen LogP contribution in [0.2, 0.25) is 0 Å². The first-order chi connectivity index (χ1) is 4.30. The van der Waals surface area contributed by atoms with E-state index in [1.165, 1.54) is 0 Å². The van der Waals surface area contributed by atoms with Gasteiger partial charge in [0.1, 0.15) is 8.93 Å². The minimum atomic E-state index is -1.23. The van der Waals surface area contributed by atoms with Crippen LogP contribution in [0.3, 0.4) is 0 Å². The molecule has 2 unspecified atom stereocenters. The molecule has 1 aromatic carbocycles. The lowest BCUT2D eigenvalue weighted by molar-refractivity contribution is 0.601. The first kappa shape index (κ1) is 6.86. The van der Waals surface area contributed by atoms with Crippen LogP contribution in [0.5, 0.6) is 0 Å². The van der Waals surface area contributed by atoms with Crippen LogP contribution in [0.15, 0.2) is 30.3 Å². The predicted octanol–water partition coefficient (Wildman–Crippen LogP) is 1.93. The third-order valence-corrected chi connectivity index (χ3v) is 2.71. The van der Waals surface area contributed by atoms with Crippen molar-refractivity contribution in [2.75, 3.05) is 0 Å². The zero-order valence-electron chi connectivity index (χ0n) is 4.82. The lowest BCUT2D eigenvalue weighted by Gasteiger charge is -1.78. The number of hydrogen-bond donors (Lipinski definition) is 0. The Morgan fingerprint density at radius 2 is 1.78 bits per heavy atom. The highest BCUT2D eigenvalue weighted by atomic mass is 32.0. The van der Waals surface area contributed by atoms with E-state index in [0.717, 1.165) is 5.30 Å². The first-order valence-corrected chi connectivity index (χ1v) is 5.45. The largest absolute Gasteiger partial charge is 0.386 e. The van der Waals surface area contributed by atoms with Gasteiger partial charge in [-0.1, -0.05) is 22.8 Å². The van der Waals surface area contributed by atoms with Crippen molar-refractivity contribution in [1.82, 2.24) is 0 Å². The van der Waals surface area contributed by atoms with E-state index in [9.17, 15) is 4.57 Å². The van der Waals surface area contributed by atoms with Crippen LogP contribution < -0.4 is 5.30 Å². The second kappa shape index (κ2) is 3.06. The number of rotatable bonds is 1. The molecule has 2 atom stereocenters. The average Bonchev–Trinajstić information content (AvgIpc) is 1.90. The van der Waals surface area contributed by atoms with Crippen molar-refractivity contribution in [2.45, 2.75) is 0 Å². The second-order valence-corrected chi connectivity index (χ2v) is 4.24. The number of hydrogen-bond acceptors (Lipinski definition) is 1. The second-order valence-electron chi connectivity index (χ2n) is 1.66. The van der Waals surface area contributed by atoms with Crippen LogP contribution in [0.4, 0.5) is 0 Å². The SMILES string of the molecule is O=[P+](P)c1ccccc1. The van der Waals surface area contributed by atoms with E-state index in [0.29, 0.717) is 0 Å². The van der Waals surface area contributed by atoms with Gasteiger partial charge in [-0.05, 0) is 12.1 Å². The molecule has 0 saturated carbocycles. The Morgan fingerprint density at radius 3 is 2.11 bits per heavy atom. The zero-order valence-corrected chi connectivity index (χ0v) is 6.87. The van der Waals surface area contributed by atoms with Crippen molar-refractivity contribution < 1.29 is 4.57 Å². The van der Waals surface area contributed by atoms with E-state index in [-0.39, 0.29) is 0 Å². The summed E-state index contributed by atoms with van der Waals surface area (Å²) in [4.78, 5) is 0. The molecule has 0 spiro atoms. The van der Waals surface area contributed by atoms with E-state index < -0.39 is 7.49 Å². The standard InChI is InChI=1S/C6H7OP2/c7-9(8)6-4-2-1-3-5-6/h1-5H,8H2/q+1. The summed E-state index contributed by atoms with van der Waals surface area (Å²) in [5, 5.41) is 0.887. The molecule has 0 bridgehead atoms. The minimum absolute atomic E-state index is 0.887. The van der Waals surface area contributed by atoms with Gasteiger partial charge in [0.15, 0.2) is 5.30 Å². The van der Waals surface area contributed by atoms with E-state index in [2.05, 4.69) is 8.93 Å². The number of benzene rings is 1. The molecule has 0 heterocycles. The Bertz CT molecular complexity index is 208. The van der Waals surface area contributed by atoms with E-state index >= 15 is 0 Å². The molecule has 0 fully saturated rings. The van der Waals surface area contributed by atoms with E-state index in [4.69, 9.17) is 0 Å². The fourth-order valence-corrected chi connectivity index (χ4v) is 1.56. The maximum atomic E-state index is 10.8. The van der Waals surface area contributed by atoms with Crippen LogP contribution in [-0.2, 0) is 4.57 Å². The molecular formula is C6H7OP2+. The van der Waals surface area contributed by atoms with Crippen LogP contribution in [0, 0.1) is 0 Å². The van der Waals surface area contributed by atoms with Gasteiger partial charge in [-0.25, -0.2) is 0 Å². The summed E-state index contributed by atoms with van der Waals surface area (Å²) in [6.45, 7) is 0. The smallest absolute Gasteiger partial charge is 0.0662 e. The van der Waals surface area contributed by atoms with Crippen molar-refractivity contribution in [2.24, 2.45) is 0 Å². The first-order valence-electron chi connectivity index (χ1n) is 2.58. The summed E-state index contributed by atoms with van der Waals surface area (Å²) in [7, 11) is 1.05. The molecule has 1 rings (SSSR count). The van der Waals surface area contributed by atoms with Gasteiger partial charge in [0.25, 0.3) is 0 Å². The topological polar surface area (TPSA) is 17.1 Å². The molecule has 3 heteroatoms. The van der Waals surface area contributed by atoms with Gasteiger partial charge >= 0.3 is 7.49 Å². The highest BCUT2D eigenvalue weighted by Gasteiger charge is 2.08. The maximum Gasteiger partial charge on any atom is 0.386 e. The van der Waals surface area contributed by atoms with Crippen molar-refractivity contribution in [3.8, 4) is 0 Å². The molecule has 0 aliphatic carbocycles. The van der Waals surface area contributed by atoms with Crippen molar-refractivity contribution >= 4 is 21.7 Å². The van der Waals surface area contributed by atoms with Crippen molar-refractivity contribution in [1.29, 1.82) is 0 Å². The third kappa shape index (κ3) is 1.86. The van der Waals surface area contributed by atoms with Crippen LogP contribution >= 0.6 is 16.4 Å². The fraction of sp³-hybridized carbons (Fsp3) is 0. The molecule has 0 aromatic heterocycles. The van der Waals surface area contributed by atoms with Gasteiger partial charge < -0.3 is 0 Å². The predicted molar refractivity (Wildman–Crippen MR) is 43.4 cm³/mol. The van der Waals surface area contributed by atoms with Crippen molar-refractivity contribution in [3.05, 3.63) is 30.3 Å². The van der Waals surface area contributed by atoms with Crippen LogP contribution in [-0.4, -0.2) is 0 Å². The Balaban J connectivity index is 2.98. The summed E-state index contributed by atoms with van der Waals surface area (Å²) in [6, 6.07) is 9.38. The molecule has 46 valence electrons. The van der Waals surface area contributed by atoms with Crippen LogP contribution in [0.1, 0.15) is 0 Å². The van der Waals surface area contributed by atoms with E-state index in [1.54, 1.807) is 0 Å². The summed E-state index contributed by atoms with van der Waals surface area (Å²) >= 11 is 0. The van der Waals surface area contributed by atoms with Crippen LogP contribution in [0.25, 0.3) is 0 Å². The zero-order chi connectivity index (χ0) is 6.69. The van der Waals surface area contributed by atoms with Gasteiger partial charge in [0.2, 0.25) is 0 Å². The highest BCUT2D eigenvalue weighted by Crippen LogP contribution is 2.28. The molecule has 0 amide bonds. The minimum Gasteiger partial charge on any atom is -0.0662 e. The molecule has 0 aliphatic heterocycles. The summed E-state index contributed by atoms with van der Waals surface area (Å²) < 4.78 is 10.8. The molecule has 0 aliphatic rings. The molecule has 1 aromatic rings. The quantitative estimate of drug-likeness (QED) is 0.569. The third-order valence-electron chi connectivity index (χ3n) is 1.01. The van der Waals surface area contributed by atoms with E-state index in [1.807, 2.05) is 30.3 Å². The summed E-state index contributed by atoms with van der Waals surface area (Å²) in [6.07, 6.45) is 0. The maximum absolute atomic E-state index is 10.8.